The molecule has 0 heterocycles. The zero-order chi connectivity index (χ0) is 16.8. The van der Waals surface area contributed by atoms with Crippen LogP contribution in [0.15, 0.2) is 0 Å². The van der Waals surface area contributed by atoms with Crippen molar-refractivity contribution >= 4 is 14.2 Å². The molecule has 1 saturated carbocycles. The third-order valence-electron chi connectivity index (χ3n) is 4.83. The van der Waals surface area contributed by atoms with Gasteiger partial charge in [-0.05, 0) is 25.2 Å². The second-order valence-electron chi connectivity index (χ2n) is 7.84. The Hall–Kier alpha value is -0.593. The van der Waals surface area contributed by atoms with Gasteiger partial charge in [-0.15, -0.1) is 0 Å². The molecule has 2 atom stereocenters. The Morgan fingerprint density at radius 1 is 1.36 bits per heavy atom. The van der Waals surface area contributed by atoms with E-state index in [1.165, 1.54) is 13.5 Å². The molecule has 0 unspecified atom stereocenters. The number of nitrogens with two attached hydrogens (primary N) is 1. The molecule has 1 aliphatic rings. The van der Waals surface area contributed by atoms with Gasteiger partial charge < -0.3 is 20.9 Å². The number of hydrogen-bond acceptors (Lipinski definition) is 4. The van der Waals surface area contributed by atoms with E-state index in [1.807, 2.05) is 0 Å². The van der Waals surface area contributed by atoms with Gasteiger partial charge in [-0.2, -0.15) is 0 Å². The maximum atomic E-state index is 11.3. The fourth-order valence-electron chi connectivity index (χ4n) is 3.25. The first-order valence-corrected chi connectivity index (χ1v) is 12.2. The Morgan fingerprint density at radius 3 is 2.45 bits per heavy atom. The highest BCUT2D eigenvalue weighted by Crippen LogP contribution is 2.38. The van der Waals surface area contributed by atoms with Crippen molar-refractivity contribution in [3.8, 4) is 0 Å². The van der Waals surface area contributed by atoms with E-state index in [4.69, 9.17) is 10.5 Å². The smallest absolute Gasteiger partial charge is 0.406 e. The number of alkyl carbamates (subject to hydrolysis) is 1. The van der Waals surface area contributed by atoms with Crippen LogP contribution in [0.1, 0.15) is 38.5 Å². The lowest BCUT2D eigenvalue weighted by molar-refractivity contribution is -0.0692. The van der Waals surface area contributed by atoms with Gasteiger partial charge in [0.05, 0.1) is 11.6 Å². The van der Waals surface area contributed by atoms with Gasteiger partial charge in [0.25, 0.3) is 0 Å². The first-order valence-electron chi connectivity index (χ1n) is 8.51. The summed E-state index contributed by atoms with van der Waals surface area (Å²) in [6.07, 6.45) is 5.82. The van der Waals surface area contributed by atoms with Crippen molar-refractivity contribution in [3.05, 3.63) is 0 Å². The lowest BCUT2D eigenvalue weighted by atomic mass is 9.72. The summed E-state index contributed by atoms with van der Waals surface area (Å²) in [5.74, 6) is 0.223. The predicted molar refractivity (Wildman–Crippen MR) is 92.7 cm³/mol. The van der Waals surface area contributed by atoms with E-state index in [-0.39, 0.29) is 12.5 Å². The molecule has 1 rings (SSSR count). The number of amides is 1. The van der Waals surface area contributed by atoms with Crippen LogP contribution in [0.5, 0.6) is 0 Å². The lowest BCUT2D eigenvalue weighted by Gasteiger charge is -2.43. The van der Waals surface area contributed by atoms with Crippen molar-refractivity contribution in [1.82, 2.24) is 5.32 Å². The first kappa shape index (κ1) is 19.5. The van der Waals surface area contributed by atoms with Crippen LogP contribution < -0.4 is 11.1 Å². The summed E-state index contributed by atoms with van der Waals surface area (Å²) in [5, 5.41) is 13.8. The van der Waals surface area contributed by atoms with E-state index < -0.39 is 25.8 Å². The Morgan fingerprint density at radius 2 is 1.95 bits per heavy atom. The van der Waals surface area contributed by atoms with Crippen molar-refractivity contribution in [2.24, 2.45) is 11.7 Å². The van der Waals surface area contributed by atoms with Gasteiger partial charge in [0, 0.05) is 15.1 Å². The molecule has 22 heavy (non-hydrogen) atoms. The van der Waals surface area contributed by atoms with Crippen LogP contribution in [0.3, 0.4) is 0 Å². The SMILES string of the molecule is CNC(=O)OC[C@@H](N)[C@](O)(CC[Si](C)(C)C)C1CCCCC1. The summed E-state index contributed by atoms with van der Waals surface area (Å²) >= 11 is 0. The summed E-state index contributed by atoms with van der Waals surface area (Å²) < 4.78 is 5.10. The van der Waals surface area contributed by atoms with Crippen molar-refractivity contribution in [1.29, 1.82) is 0 Å². The van der Waals surface area contributed by atoms with Gasteiger partial charge in [0.2, 0.25) is 0 Å². The summed E-state index contributed by atoms with van der Waals surface area (Å²) in [7, 11) is 0.257. The Kier molecular flexibility index (Phi) is 7.35. The largest absolute Gasteiger partial charge is 0.448 e. The lowest BCUT2D eigenvalue weighted by Crippen LogP contribution is -2.57. The fourth-order valence-corrected chi connectivity index (χ4v) is 4.40. The van der Waals surface area contributed by atoms with Crippen LogP contribution in [0.2, 0.25) is 25.7 Å². The monoisotopic (exact) mass is 330 g/mol. The molecule has 0 aromatic carbocycles. The predicted octanol–water partition coefficient (Wildman–Crippen LogP) is 2.71. The number of ether oxygens (including phenoxy) is 1. The minimum Gasteiger partial charge on any atom is -0.448 e. The molecule has 0 aliphatic heterocycles. The maximum absolute atomic E-state index is 11.3. The zero-order valence-electron chi connectivity index (χ0n) is 14.7. The third-order valence-corrected chi connectivity index (χ3v) is 6.58. The van der Waals surface area contributed by atoms with Crippen LogP contribution >= 0.6 is 0 Å². The number of carbonyl (C=O) groups excluding carboxylic acids is 1. The highest BCUT2D eigenvalue weighted by molar-refractivity contribution is 6.76. The van der Waals surface area contributed by atoms with Crippen LogP contribution in [0.4, 0.5) is 4.79 Å². The quantitative estimate of drug-likeness (QED) is 0.627. The number of nitrogens with one attached hydrogen (secondary N) is 1. The summed E-state index contributed by atoms with van der Waals surface area (Å²) in [6.45, 7) is 6.99. The average molecular weight is 331 g/mol. The van der Waals surface area contributed by atoms with E-state index in [1.54, 1.807) is 0 Å². The molecule has 1 amide bonds. The van der Waals surface area contributed by atoms with Crippen LogP contribution in [0.25, 0.3) is 0 Å². The number of aliphatic hydroxyl groups is 1. The topological polar surface area (TPSA) is 84.6 Å². The van der Waals surface area contributed by atoms with Crippen molar-refractivity contribution in [2.75, 3.05) is 13.7 Å². The summed E-state index contributed by atoms with van der Waals surface area (Å²) in [5.41, 5.74) is 5.35. The van der Waals surface area contributed by atoms with E-state index in [2.05, 4.69) is 25.0 Å². The molecule has 5 nitrogen and oxygen atoms in total. The molecule has 0 aromatic rings. The Labute approximate surface area is 136 Å². The molecule has 0 bridgehead atoms. The Balaban J connectivity index is 2.76. The first-order chi connectivity index (χ1) is 10.2. The fraction of sp³-hybridized carbons (Fsp3) is 0.938. The van der Waals surface area contributed by atoms with Gasteiger partial charge in [-0.3, -0.25) is 0 Å². The minimum atomic E-state index is -1.26. The molecular formula is C16H34N2O3Si. The van der Waals surface area contributed by atoms with Gasteiger partial charge in [-0.25, -0.2) is 4.79 Å². The molecule has 0 aromatic heterocycles. The maximum Gasteiger partial charge on any atom is 0.406 e. The second kappa shape index (κ2) is 8.31. The van der Waals surface area contributed by atoms with Gasteiger partial charge >= 0.3 is 6.09 Å². The van der Waals surface area contributed by atoms with Gasteiger partial charge in [-0.1, -0.05) is 44.9 Å². The third kappa shape index (κ3) is 5.89. The van der Waals surface area contributed by atoms with E-state index >= 15 is 0 Å². The number of hydrogen-bond donors (Lipinski definition) is 3. The standard InChI is InChI=1S/C16H34N2O3Si/c1-18-15(19)21-12-14(17)16(20,10-11-22(2,3)4)13-8-6-5-7-9-13/h13-14,20H,5-12,17H2,1-4H3,(H,18,19)/t14-,16+/m1/s1. The van der Waals surface area contributed by atoms with Crippen molar-refractivity contribution in [3.63, 3.8) is 0 Å². The van der Waals surface area contributed by atoms with E-state index in [0.717, 1.165) is 31.7 Å². The number of rotatable bonds is 7. The Bertz CT molecular complexity index is 354. The average Bonchev–Trinajstić information content (AvgIpc) is 2.49. The molecule has 130 valence electrons. The molecule has 4 N–H and O–H groups in total. The van der Waals surface area contributed by atoms with Gasteiger partial charge in [0.15, 0.2) is 0 Å². The number of carbonyl (C=O) groups is 1. The molecule has 0 radical (unpaired) electrons. The van der Waals surface area contributed by atoms with E-state index in [9.17, 15) is 9.90 Å². The molecule has 6 heteroatoms. The van der Waals surface area contributed by atoms with Gasteiger partial charge in [0.1, 0.15) is 6.61 Å². The summed E-state index contributed by atoms with van der Waals surface area (Å²) in [6, 6.07) is 0.512. The van der Waals surface area contributed by atoms with Crippen LogP contribution in [0, 0.1) is 5.92 Å². The van der Waals surface area contributed by atoms with Crippen LogP contribution in [-0.2, 0) is 4.74 Å². The molecule has 0 spiro atoms. The van der Waals surface area contributed by atoms with E-state index in [0.29, 0.717) is 6.42 Å². The highest BCUT2D eigenvalue weighted by Gasteiger charge is 2.43. The van der Waals surface area contributed by atoms with Crippen molar-refractivity contribution < 1.29 is 14.6 Å². The zero-order valence-corrected chi connectivity index (χ0v) is 15.7. The normalized spacial score (nSPS) is 21.0. The second-order valence-corrected chi connectivity index (χ2v) is 13.5. The molecule has 1 aliphatic carbocycles. The summed E-state index contributed by atoms with van der Waals surface area (Å²) in [4.78, 5) is 11.3. The highest BCUT2D eigenvalue weighted by atomic mass is 28.3. The van der Waals surface area contributed by atoms with Crippen LogP contribution in [-0.4, -0.2) is 44.6 Å². The van der Waals surface area contributed by atoms with Crippen molar-refractivity contribution in [2.45, 2.75) is 75.9 Å². The molecule has 1 fully saturated rings. The molecular weight excluding hydrogens is 296 g/mol. The minimum absolute atomic E-state index is 0.0678. The molecule has 0 saturated heterocycles.